The molecule has 2 aromatic heterocycles. The number of carbonyl (C=O) groups is 1. The minimum Gasteiger partial charge on any atom is -0.381 e. The van der Waals surface area contributed by atoms with E-state index in [4.69, 9.17) is 20.4 Å². The summed E-state index contributed by atoms with van der Waals surface area (Å²) < 4.78 is 5.57. The Balaban J connectivity index is 1.24. The highest BCUT2D eigenvalue weighted by molar-refractivity contribution is 5.97. The van der Waals surface area contributed by atoms with Gasteiger partial charge in [0.05, 0.1) is 0 Å². The van der Waals surface area contributed by atoms with Crippen LogP contribution in [-0.4, -0.2) is 102 Å². The van der Waals surface area contributed by atoms with Gasteiger partial charge in [-0.25, -0.2) is 9.97 Å². The third-order valence-corrected chi connectivity index (χ3v) is 9.44. The number of primary amides is 1. The van der Waals surface area contributed by atoms with Crippen molar-refractivity contribution in [3.8, 4) is 11.3 Å². The number of aromatic nitrogens is 3. The number of rotatable bonds is 9. The second-order valence-corrected chi connectivity index (χ2v) is 12.6. The Bertz CT molecular complexity index is 1480. The first-order valence-corrected chi connectivity index (χ1v) is 16.4. The summed E-state index contributed by atoms with van der Waals surface area (Å²) in [7, 11) is 2.22. The van der Waals surface area contributed by atoms with Crippen LogP contribution in [0.15, 0.2) is 36.5 Å². The lowest BCUT2D eigenvalue weighted by Gasteiger charge is -2.43. The lowest BCUT2D eigenvalue weighted by Crippen LogP contribution is -2.52. The molecule has 0 bridgehead atoms. The molecule has 3 aliphatic heterocycles. The van der Waals surface area contributed by atoms with Crippen LogP contribution < -0.4 is 21.3 Å². The number of carbonyl (C=O) groups excluding carboxylic acids is 1. The Labute approximate surface area is 266 Å². The van der Waals surface area contributed by atoms with Crippen LogP contribution in [0.3, 0.4) is 0 Å². The molecule has 0 unspecified atom stereocenters. The summed E-state index contributed by atoms with van der Waals surface area (Å²) in [6, 6.07) is 11.1. The van der Waals surface area contributed by atoms with Crippen molar-refractivity contribution in [2.45, 2.75) is 58.0 Å². The molecule has 0 aliphatic carbocycles. The van der Waals surface area contributed by atoms with E-state index in [2.05, 4.69) is 62.5 Å². The van der Waals surface area contributed by atoms with Gasteiger partial charge in [0.25, 0.3) is 5.91 Å². The van der Waals surface area contributed by atoms with Crippen molar-refractivity contribution in [1.29, 1.82) is 0 Å². The van der Waals surface area contributed by atoms with Gasteiger partial charge in [-0.3, -0.25) is 14.7 Å². The van der Waals surface area contributed by atoms with Crippen molar-refractivity contribution in [3.05, 3.63) is 53.5 Å². The summed E-state index contributed by atoms with van der Waals surface area (Å²) in [6.45, 7) is 12.3. The zero-order chi connectivity index (χ0) is 31.3. The van der Waals surface area contributed by atoms with E-state index in [1.54, 1.807) is 6.20 Å². The van der Waals surface area contributed by atoms with Crippen molar-refractivity contribution >= 4 is 28.9 Å². The maximum Gasteiger partial charge on any atom is 0.271 e. The smallest absolute Gasteiger partial charge is 0.271 e. The largest absolute Gasteiger partial charge is 0.381 e. The fourth-order valence-corrected chi connectivity index (χ4v) is 6.78. The van der Waals surface area contributed by atoms with E-state index in [0.717, 1.165) is 62.4 Å². The van der Waals surface area contributed by atoms with Crippen LogP contribution in [0, 0.1) is 6.92 Å². The van der Waals surface area contributed by atoms with E-state index in [-0.39, 0.29) is 11.7 Å². The number of benzene rings is 1. The van der Waals surface area contributed by atoms with Gasteiger partial charge in [-0.2, -0.15) is 0 Å². The number of likely N-dealkylation sites (N-methyl/N-ethyl adjacent to an activating group) is 1. The average molecular weight is 614 g/mol. The number of nitrogens with one attached hydrogen (secondary N) is 2. The number of amides is 1. The molecule has 11 heteroatoms. The molecule has 3 fully saturated rings. The van der Waals surface area contributed by atoms with E-state index in [1.807, 2.05) is 19.1 Å². The van der Waals surface area contributed by atoms with Gasteiger partial charge < -0.3 is 30.9 Å². The van der Waals surface area contributed by atoms with Crippen LogP contribution in [0.2, 0.25) is 0 Å². The fourth-order valence-electron chi connectivity index (χ4n) is 6.78. The van der Waals surface area contributed by atoms with Crippen molar-refractivity contribution in [2.75, 3.05) is 75.1 Å². The number of hydrogen-bond donors (Lipinski definition) is 3. The number of piperidine rings is 1. The molecule has 0 radical (unpaired) electrons. The molecule has 6 rings (SSSR count). The van der Waals surface area contributed by atoms with E-state index in [0.29, 0.717) is 36.6 Å². The molecule has 3 saturated heterocycles. The van der Waals surface area contributed by atoms with E-state index in [1.165, 1.54) is 37.2 Å². The number of hydrogen-bond acceptors (Lipinski definition) is 10. The molecule has 5 heterocycles. The summed E-state index contributed by atoms with van der Waals surface area (Å²) in [5, 5.41) is 6.98. The number of nitrogens with zero attached hydrogens (tertiary/aromatic N) is 6. The topological polar surface area (TPSA) is 125 Å². The molecule has 11 nitrogen and oxygen atoms in total. The molecule has 0 atom stereocenters. The van der Waals surface area contributed by atoms with Crippen molar-refractivity contribution in [2.24, 2.45) is 5.73 Å². The zero-order valence-electron chi connectivity index (χ0n) is 26.9. The number of anilines is 4. The van der Waals surface area contributed by atoms with Gasteiger partial charge in [0.2, 0.25) is 0 Å². The van der Waals surface area contributed by atoms with E-state index < -0.39 is 5.91 Å². The Morgan fingerprint density at radius 2 is 1.73 bits per heavy atom. The Hall–Kier alpha value is -3.80. The van der Waals surface area contributed by atoms with Gasteiger partial charge in [0.1, 0.15) is 5.69 Å². The number of nitrogens with two attached hydrogens (primary N) is 1. The van der Waals surface area contributed by atoms with Gasteiger partial charge in [-0.15, -0.1) is 0 Å². The molecule has 0 spiro atoms. The van der Waals surface area contributed by atoms with Gasteiger partial charge in [0, 0.05) is 93.4 Å². The first-order chi connectivity index (χ1) is 21.9. The average Bonchev–Trinajstić information content (AvgIpc) is 3.05. The second kappa shape index (κ2) is 14.1. The zero-order valence-corrected chi connectivity index (χ0v) is 26.9. The summed E-state index contributed by atoms with van der Waals surface area (Å²) >= 11 is 0. The molecule has 1 amide bonds. The number of pyridine rings is 1. The molecule has 4 N–H and O–H groups in total. The van der Waals surface area contributed by atoms with Crippen LogP contribution in [0.1, 0.15) is 54.4 Å². The molecular formula is C34H47N9O2. The minimum atomic E-state index is -0.634. The normalized spacial score (nSPS) is 19.0. The summed E-state index contributed by atoms with van der Waals surface area (Å²) in [4.78, 5) is 34.4. The quantitative estimate of drug-likeness (QED) is 0.325. The highest BCUT2D eigenvalue weighted by atomic mass is 16.5. The van der Waals surface area contributed by atoms with Crippen molar-refractivity contribution < 1.29 is 9.53 Å². The number of piperazine rings is 1. The molecule has 240 valence electrons. The predicted octanol–water partition coefficient (Wildman–Crippen LogP) is 4.06. The van der Waals surface area contributed by atoms with Gasteiger partial charge in [0.15, 0.2) is 17.3 Å². The number of aryl methyl sites for hydroxylation is 2. The van der Waals surface area contributed by atoms with Gasteiger partial charge in [-0.05, 0) is 82.0 Å². The Kier molecular flexibility index (Phi) is 9.77. The van der Waals surface area contributed by atoms with Crippen molar-refractivity contribution in [3.63, 3.8) is 0 Å². The Morgan fingerprint density at radius 1 is 0.978 bits per heavy atom. The lowest BCUT2D eigenvalue weighted by molar-refractivity contribution is 0.0904. The third kappa shape index (κ3) is 7.37. The van der Waals surface area contributed by atoms with Crippen LogP contribution in [-0.2, 0) is 11.2 Å². The first-order valence-electron chi connectivity index (χ1n) is 16.4. The van der Waals surface area contributed by atoms with Gasteiger partial charge in [-0.1, -0.05) is 6.92 Å². The SMILES string of the molecule is CCc1cc(Nc2nc(NC3CCOCC3)c(-c3ccnc(C)c3)nc2C(N)=O)ccc1N1CCC(N2CCN(C)CC2)CC1. The highest BCUT2D eigenvalue weighted by Crippen LogP contribution is 2.33. The molecule has 0 saturated carbocycles. The molecule has 45 heavy (non-hydrogen) atoms. The highest BCUT2D eigenvalue weighted by Gasteiger charge is 2.28. The molecule has 3 aromatic rings. The van der Waals surface area contributed by atoms with Crippen LogP contribution >= 0.6 is 0 Å². The molecule has 3 aliphatic rings. The lowest BCUT2D eigenvalue weighted by atomic mass is 10.00. The maximum absolute atomic E-state index is 12.7. The van der Waals surface area contributed by atoms with Crippen LogP contribution in [0.5, 0.6) is 0 Å². The summed E-state index contributed by atoms with van der Waals surface area (Å²) in [5.74, 6) is 0.315. The maximum atomic E-state index is 12.7. The van der Waals surface area contributed by atoms with Gasteiger partial charge >= 0.3 is 0 Å². The second-order valence-electron chi connectivity index (χ2n) is 12.6. The standard InChI is InChI=1S/C34H47N9O2/c1-4-24-22-27(5-6-29(24)43-13-8-28(9-14-43)42-17-15-41(3)16-18-42)38-34-31(32(35)44)39-30(25-7-12-36-23(2)21-25)33(40-34)37-26-10-19-45-20-11-26/h5-7,12,21-22,26,28H,4,8-11,13-20H2,1-3H3,(H2,35,44)(H2,37,38,40). The van der Waals surface area contributed by atoms with Crippen LogP contribution in [0.25, 0.3) is 11.3 Å². The van der Waals surface area contributed by atoms with Crippen molar-refractivity contribution in [1.82, 2.24) is 24.8 Å². The first kappa shape index (κ1) is 31.2. The molecule has 1 aromatic carbocycles. The monoisotopic (exact) mass is 613 g/mol. The molecular weight excluding hydrogens is 566 g/mol. The summed E-state index contributed by atoms with van der Waals surface area (Å²) in [5.41, 5.74) is 11.6. The van der Waals surface area contributed by atoms with E-state index in [9.17, 15) is 4.79 Å². The predicted molar refractivity (Wildman–Crippen MR) is 179 cm³/mol. The Morgan fingerprint density at radius 3 is 2.42 bits per heavy atom. The fraction of sp³-hybridized carbons (Fsp3) is 0.529. The van der Waals surface area contributed by atoms with E-state index >= 15 is 0 Å². The van der Waals surface area contributed by atoms with Crippen LogP contribution in [0.4, 0.5) is 23.0 Å². The summed E-state index contributed by atoms with van der Waals surface area (Å²) in [6.07, 6.45) is 6.75. The number of ether oxygens (including phenoxy) is 1. The third-order valence-electron chi connectivity index (χ3n) is 9.44. The minimum absolute atomic E-state index is 0.102.